The standard InChI is InChI=1S/C31H30N6O4/c38-29-8-4-11-36(29)12-5-13-41-25-9-10-27-22(14-25)15-28(35-27)26-16-24(18-32-31(26)40)34-30(39)23-17-33-37(20-23)19-21-6-2-1-3-7-21/h1-3,6-7,9-10,14-18,20,35H,4-5,8,11-13,19H2,(H,32,40)(H,34,39). The van der Waals surface area contributed by atoms with Crippen molar-refractivity contribution in [3.63, 3.8) is 0 Å². The summed E-state index contributed by atoms with van der Waals surface area (Å²) >= 11 is 0. The van der Waals surface area contributed by atoms with Crippen LogP contribution in [0.15, 0.2) is 84.0 Å². The molecule has 2 aromatic carbocycles. The van der Waals surface area contributed by atoms with Crippen LogP contribution < -0.4 is 15.6 Å². The van der Waals surface area contributed by atoms with Crippen molar-refractivity contribution < 1.29 is 14.3 Å². The van der Waals surface area contributed by atoms with E-state index in [2.05, 4.69) is 20.4 Å². The second-order valence-electron chi connectivity index (χ2n) is 10.1. The van der Waals surface area contributed by atoms with Gasteiger partial charge in [-0.05, 0) is 48.7 Å². The number of anilines is 1. The van der Waals surface area contributed by atoms with Crippen molar-refractivity contribution in [2.75, 3.05) is 25.0 Å². The molecule has 4 heterocycles. The fraction of sp³-hybridized carbons (Fsp3) is 0.226. The highest BCUT2D eigenvalue weighted by atomic mass is 16.5. The number of carbonyl (C=O) groups is 2. The largest absolute Gasteiger partial charge is 0.494 e. The Morgan fingerprint density at radius 3 is 2.78 bits per heavy atom. The van der Waals surface area contributed by atoms with Gasteiger partial charge in [-0.3, -0.25) is 19.1 Å². The minimum absolute atomic E-state index is 0.222. The van der Waals surface area contributed by atoms with E-state index in [1.807, 2.05) is 59.5 Å². The van der Waals surface area contributed by atoms with Crippen molar-refractivity contribution in [2.45, 2.75) is 25.8 Å². The Labute approximate surface area is 236 Å². The number of hydrogen-bond donors (Lipinski definition) is 3. The lowest BCUT2D eigenvalue weighted by molar-refractivity contribution is -0.127. The lowest BCUT2D eigenvalue weighted by Gasteiger charge is -2.15. The molecule has 41 heavy (non-hydrogen) atoms. The normalized spacial score (nSPS) is 13.2. The molecule has 1 aliphatic rings. The van der Waals surface area contributed by atoms with Crippen LogP contribution in [0.2, 0.25) is 0 Å². The third-order valence-electron chi connectivity index (χ3n) is 7.14. The number of fused-ring (bicyclic) bond motifs is 1. The van der Waals surface area contributed by atoms with Crippen LogP contribution in [0.3, 0.4) is 0 Å². The number of hydrogen-bond acceptors (Lipinski definition) is 5. The average Bonchev–Trinajstić information content (AvgIpc) is 3.72. The summed E-state index contributed by atoms with van der Waals surface area (Å²) < 4.78 is 7.62. The molecule has 0 spiro atoms. The molecular weight excluding hydrogens is 520 g/mol. The van der Waals surface area contributed by atoms with Gasteiger partial charge in [0.25, 0.3) is 11.5 Å². The van der Waals surface area contributed by atoms with Gasteiger partial charge in [0, 0.05) is 42.8 Å². The summed E-state index contributed by atoms with van der Waals surface area (Å²) in [5, 5.41) is 8.04. The molecule has 3 aromatic heterocycles. The molecule has 0 unspecified atom stereocenters. The molecule has 0 bridgehead atoms. The molecule has 0 atom stereocenters. The molecular formula is C31H30N6O4. The molecule has 1 aliphatic heterocycles. The first-order valence-corrected chi connectivity index (χ1v) is 13.7. The van der Waals surface area contributed by atoms with Crippen molar-refractivity contribution in [2.24, 2.45) is 0 Å². The van der Waals surface area contributed by atoms with Crippen LogP contribution in [-0.4, -0.2) is 56.2 Å². The van der Waals surface area contributed by atoms with Gasteiger partial charge in [-0.15, -0.1) is 0 Å². The summed E-state index contributed by atoms with van der Waals surface area (Å²) in [6.07, 6.45) is 7.04. The smallest absolute Gasteiger partial charge is 0.258 e. The van der Waals surface area contributed by atoms with Crippen molar-refractivity contribution in [3.8, 4) is 17.0 Å². The van der Waals surface area contributed by atoms with E-state index in [0.717, 1.165) is 41.6 Å². The first-order valence-electron chi connectivity index (χ1n) is 13.7. The number of pyridine rings is 1. The predicted molar refractivity (Wildman–Crippen MR) is 156 cm³/mol. The molecule has 10 heteroatoms. The fourth-order valence-electron chi connectivity index (χ4n) is 5.03. The summed E-state index contributed by atoms with van der Waals surface area (Å²) in [6, 6.07) is 19.1. The van der Waals surface area contributed by atoms with Crippen LogP contribution in [0.1, 0.15) is 35.2 Å². The lowest BCUT2D eigenvalue weighted by atomic mass is 10.1. The molecule has 1 saturated heterocycles. The number of nitrogens with one attached hydrogen (secondary N) is 3. The highest BCUT2D eigenvalue weighted by Crippen LogP contribution is 2.27. The first kappa shape index (κ1) is 26.1. The van der Waals surface area contributed by atoms with Gasteiger partial charge in [-0.25, -0.2) is 0 Å². The summed E-state index contributed by atoms with van der Waals surface area (Å²) in [6.45, 7) is 2.62. The van der Waals surface area contributed by atoms with Crippen LogP contribution >= 0.6 is 0 Å². The zero-order chi connectivity index (χ0) is 28.2. The number of benzene rings is 2. The molecule has 0 radical (unpaired) electrons. The van der Waals surface area contributed by atoms with E-state index >= 15 is 0 Å². The van der Waals surface area contributed by atoms with Gasteiger partial charge in [0.1, 0.15) is 5.75 Å². The van der Waals surface area contributed by atoms with E-state index in [0.29, 0.717) is 48.6 Å². The maximum atomic E-state index is 12.9. The number of H-pyrrole nitrogens is 2. The SMILES string of the molecule is O=C(Nc1c[nH]c(=O)c(-c2cc3cc(OCCCN4CCCC4=O)ccc3[nH]2)c1)c1cnn(Cc2ccccc2)c1. The molecule has 0 aliphatic carbocycles. The zero-order valence-electron chi connectivity index (χ0n) is 22.4. The topological polar surface area (TPSA) is 125 Å². The van der Waals surface area contributed by atoms with Crippen molar-refractivity contribution >= 4 is 28.4 Å². The van der Waals surface area contributed by atoms with Crippen LogP contribution in [-0.2, 0) is 11.3 Å². The average molecular weight is 551 g/mol. The number of ether oxygens (including phenoxy) is 1. The number of likely N-dealkylation sites (tertiary alicyclic amines) is 1. The van der Waals surface area contributed by atoms with E-state index in [1.54, 1.807) is 16.9 Å². The minimum Gasteiger partial charge on any atom is -0.494 e. The molecule has 1 fully saturated rings. The highest BCUT2D eigenvalue weighted by Gasteiger charge is 2.19. The second-order valence-corrected chi connectivity index (χ2v) is 10.1. The van der Waals surface area contributed by atoms with Crippen LogP contribution in [0.5, 0.6) is 5.75 Å². The number of nitrogens with zero attached hydrogens (tertiary/aromatic N) is 3. The minimum atomic E-state index is -0.324. The van der Waals surface area contributed by atoms with E-state index in [-0.39, 0.29) is 17.4 Å². The van der Waals surface area contributed by atoms with Gasteiger partial charge in [0.15, 0.2) is 0 Å². The van der Waals surface area contributed by atoms with Gasteiger partial charge in [0.05, 0.1) is 41.9 Å². The third-order valence-corrected chi connectivity index (χ3v) is 7.14. The first-order chi connectivity index (χ1) is 20.0. The fourth-order valence-corrected chi connectivity index (χ4v) is 5.03. The highest BCUT2D eigenvalue weighted by molar-refractivity contribution is 6.04. The maximum absolute atomic E-state index is 12.9. The summed E-state index contributed by atoms with van der Waals surface area (Å²) in [5.74, 6) is 0.619. The number of aromatic amines is 2. The van der Waals surface area contributed by atoms with E-state index in [9.17, 15) is 14.4 Å². The quantitative estimate of drug-likeness (QED) is 0.222. The molecule has 5 aromatic rings. The molecule has 2 amide bonds. The maximum Gasteiger partial charge on any atom is 0.258 e. The Balaban J connectivity index is 1.11. The van der Waals surface area contributed by atoms with Crippen LogP contribution in [0, 0.1) is 0 Å². The zero-order valence-corrected chi connectivity index (χ0v) is 22.4. The Morgan fingerprint density at radius 1 is 1.07 bits per heavy atom. The lowest BCUT2D eigenvalue weighted by Crippen LogP contribution is -2.26. The number of carbonyl (C=O) groups excluding carboxylic acids is 2. The van der Waals surface area contributed by atoms with Crippen molar-refractivity contribution in [3.05, 3.63) is 101 Å². The molecule has 208 valence electrons. The van der Waals surface area contributed by atoms with E-state index in [4.69, 9.17) is 4.74 Å². The van der Waals surface area contributed by atoms with Gasteiger partial charge in [-0.2, -0.15) is 5.10 Å². The van der Waals surface area contributed by atoms with Crippen LogP contribution in [0.25, 0.3) is 22.2 Å². The Kier molecular flexibility index (Phi) is 7.36. The third kappa shape index (κ3) is 6.06. The van der Waals surface area contributed by atoms with Gasteiger partial charge < -0.3 is 24.9 Å². The Bertz CT molecular complexity index is 1750. The summed E-state index contributed by atoms with van der Waals surface area (Å²) in [4.78, 5) is 45.2. The molecule has 6 rings (SSSR count). The summed E-state index contributed by atoms with van der Waals surface area (Å²) in [7, 11) is 0. The second kappa shape index (κ2) is 11.5. The molecule has 0 saturated carbocycles. The number of aromatic nitrogens is 4. The van der Waals surface area contributed by atoms with Gasteiger partial charge in [0.2, 0.25) is 5.91 Å². The van der Waals surface area contributed by atoms with Crippen molar-refractivity contribution in [1.29, 1.82) is 0 Å². The number of amides is 2. The molecule has 10 nitrogen and oxygen atoms in total. The Hall–Kier alpha value is -5.12. The van der Waals surface area contributed by atoms with Gasteiger partial charge >= 0.3 is 0 Å². The predicted octanol–water partition coefficient (Wildman–Crippen LogP) is 4.41. The van der Waals surface area contributed by atoms with Crippen molar-refractivity contribution in [1.82, 2.24) is 24.6 Å². The monoisotopic (exact) mass is 550 g/mol. The molecule has 3 N–H and O–H groups in total. The number of rotatable bonds is 10. The van der Waals surface area contributed by atoms with Crippen LogP contribution in [0.4, 0.5) is 5.69 Å². The van der Waals surface area contributed by atoms with Gasteiger partial charge in [-0.1, -0.05) is 30.3 Å². The summed E-state index contributed by atoms with van der Waals surface area (Å²) in [5.41, 5.74) is 3.56. The van der Waals surface area contributed by atoms with E-state index in [1.165, 1.54) is 12.4 Å². The van der Waals surface area contributed by atoms with E-state index < -0.39 is 0 Å². The Morgan fingerprint density at radius 2 is 1.95 bits per heavy atom.